The number of carbonyl (C=O) groups excluding carboxylic acids is 3. The maximum atomic E-state index is 12.5. The fourth-order valence-corrected chi connectivity index (χ4v) is 2.42. The van der Waals surface area contributed by atoms with E-state index in [1.807, 2.05) is 0 Å². The molecule has 0 spiro atoms. The van der Waals surface area contributed by atoms with E-state index < -0.39 is 34.5 Å². The van der Waals surface area contributed by atoms with Crippen molar-refractivity contribution in [3.8, 4) is 0 Å². The Morgan fingerprint density at radius 2 is 1.65 bits per heavy atom. The molecule has 0 aromatic heterocycles. The molecule has 2 aromatic rings. The molecule has 0 bridgehead atoms. The average Bonchev–Trinajstić information content (AvgIpc) is 2.66. The van der Waals surface area contributed by atoms with Crippen LogP contribution in [0.1, 0.15) is 38.1 Å². The molecule has 31 heavy (non-hydrogen) atoms. The average molecular weight is 428 g/mol. The molecule has 0 fully saturated rings. The van der Waals surface area contributed by atoms with E-state index in [2.05, 4.69) is 16.0 Å². The number of benzene rings is 2. The molecule has 0 heterocycles. The topological polar surface area (TPSA) is 140 Å². The Morgan fingerprint density at radius 1 is 1.00 bits per heavy atom. The van der Waals surface area contributed by atoms with E-state index in [1.54, 1.807) is 32.9 Å². The Bertz CT molecular complexity index is 982. The van der Waals surface area contributed by atoms with Crippen LogP contribution in [0.15, 0.2) is 48.5 Å². The van der Waals surface area contributed by atoms with E-state index in [0.717, 1.165) is 0 Å². The zero-order valence-electron chi connectivity index (χ0n) is 17.6. The van der Waals surface area contributed by atoms with Crippen LogP contribution >= 0.6 is 0 Å². The zero-order valence-corrected chi connectivity index (χ0v) is 17.6. The summed E-state index contributed by atoms with van der Waals surface area (Å²) < 4.78 is 5.17. The second kappa shape index (κ2) is 9.70. The molecule has 0 saturated carbocycles. The van der Waals surface area contributed by atoms with E-state index in [1.165, 1.54) is 43.3 Å². The molecule has 1 atom stereocenters. The number of nitro groups is 1. The molecule has 3 N–H and O–H groups in total. The molecule has 2 aromatic carbocycles. The zero-order chi connectivity index (χ0) is 23.2. The lowest BCUT2D eigenvalue weighted by atomic mass is 10.1. The van der Waals surface area contributed by atoms with E-state index in [-0.39, 0.29) is 11.3 Å². The van der Waals surface area contributed by atoms with Crippen LogP contribution in [0.5, 0.6) is 0 Å². The van der Waals surface area contributed by atoms with Gasteiger partial charge in [0.1, 0.15) is 11.6 Å². The normalized spacial score (nSPS) is 11.7. The molecule has 0 aliphatic heterocycles. The van der Waals surface area contributed by atoms with E-state index in [0.29, 0.717) is 11.4 Å². The van der Waals surface area contributed by atoms with Crippen LogP contribution in [0.2, 0.25) is 0 Å². The van der Waals surface area contributed by atoms with Crippen LogP contribution in [0.3, 0.4) is 0 Å². The maximum absolute atomic E-state index is 12.5. The number of nitrogens with zero attached hydrogens (tertiary/aromatic N) is 1. The number of carbonyl (C=O) groups is 3. The number of non-ortho nitro benzene ring substituents is 1. The van der Waals surface area contributed by atoms with E-state index >= 15 is 0 Å². The number of anilines is 2. The van der Waals surface area contributed by atoms with Crippen molar-refractivity contribution in [3.63, 3.8) is 0 Å². The predicted molar refractivity (Wildman–Crippen MR) is 115 cm³/mol. The van der Waals surface area contributed by atoms with Gasteiger partial charge in [0.2, 0.25) is 5.91 Å². The van der Waals surface area contributed by atoms with Crippen molar-refractivity contribution < 1.29 is 24.0 Å². The summed E-state index contributed by atoms with van der Waals surface area (Å²) in [6.45, 7) is 6.71. The Morgan fingerprint density at radius 3 is 2.23 bits per heavy atom. The first-order valence-electron chi connectivity index (χ1n) is 9.41. The molecule has 164 valence electrons. The van der Waals surface area contributed by atoms with Gasteiger partial charge in [0.15, 0.2) is 0 Å². The Kier molecular flexibility index (Phi) is 7.30. The molecule has 0 unspecified atom stereocenters. The Labute approximate surface area is 179 Å². The first-order chi connectivity index (χ1) is 14.4. The fourth-order valence-electron chi connectivity index (χ4n) is 2.42. The van der Waals surface area contributed by atoms with Crippen molar-refractivity contribution >= 4 is 35.0 Å². The summed E-state index contributed by atoms with van der Waals surface area (Å²) in [5.74, 6) is -1.01. The molecule has 10 heteroatoms. The lowest BCUT2D eigenvalue weighted by Gasteiger charge is -2.20. The van der Waals surface area contributed by atoms with Gasteiger partial charge >= 0.3 is 6.09 Å². The number of hydrogen-bond donors (Lipinski definition) is 3. The molecule has 2 rings (SSSR count). The molecule has 0 aliphatic carbocycles. The van der Waals surface area contributed by atoms with Crippen LogP contribution in [-0.4, -0.2) is 34.5 Å². The third-order valence-electron chi connectivity index (χ3n) is 3.86. The highest BCUT2D eigenvalue weighted by Gasteiger charge is 2.19. The summed E-state index contributed by atoms with van der Waals surface area (Å²) in [5, 5.41) is 18.4. The van der Waals surface area contributed by atoms with Crippen molar-refractivity contribution in [1.82, 2.24) is 5.32 Å². The summed E-state index contributed by atoms with van der Waals surface area (Å²) in [5.41, 5.74) is 0.207. The van der Waals surface area contributed by atoms with Crippen molar-refractivity contribution in [3.05, 3.63) is 64.2 Å². The predicted octanol–water partition coefficient (Wildman–Crippen LogP) is 3.70. The molecular formula is C21H24N4O6. The van der Waals surface area contributed by atoms with Crippen LogP contribution in [0.25, 0.3) is 0 Å². The first kappa shape index (κ1) is 23.3. The van der Waals surface area contributed by atoms with Crippen LogP contribution in [0.4, 0.5) is 21.9 Å². The summed E-state index contributed by atoms with van der Waals surface area (Å²) >= 11 is 0. The number of rotatable bonds is 6. The minimum Gasteiger partial charge on any atom is -0.444 e. The van der Waals surface area contributed by atoms with Gasteiger partial charge < -0.3 is 15.4 Å². The van der Waals surface area contributed by atoms with Gasteiger partial charge in [0.25, 0.3) is 11.6 Å². The Balaban J connectivity index is 1.96. The third-order valence-corrected chi connectivity index (χ3v) is 3.86. The Hall–Kier alpha value is -3.95. The number of amides is 3. The maximum Gasteiger partial charge on any atom is 0.412 e. The van der Waals surface area contributed by atoms with Gasteiger partial charge in [-0.3, -0.25) is 25.0 Å². The lowest BCUT2D eigenvalue weighted by Crippen LogP contribution is -2.41. The number of hydrogen-bond acceptors (Lipinski definition) is 6. The third kappa shape index (κ3) is 7.42. The van der Waals surface area contributed by atoms with E-state index in [9.17, 15) is 24.5 Å². The molecular weight excluding hydrogens is 404 g/mol. The minimum absolute atomic E-state index is 0.0979. The van der Waals surface area contributed by atoms with Gasteiger partial charge in [-0.1, -0.05) is 6.07 Å². The van der Waals surface area contributed by atoms with Crippen molar-refractivity contribution in [2.75, 3.05) is 10.6 Å². The summed E-state index contributed by atoms with van der Waals surface area (Å²) in [6.07, 6.45) is -0.652. The largest absolute Gasteiger partial charge is 0.444 e. The SMILES string of the molecule is C[C@@H](NC(=O)c1cccc(NC(=O)OC(C)(C)C)c1)C(=O)Nc1ccc([N+](=O)[O-])cc1. The summed E-state index contributed by atoms with van der Waals surface area (Å²) in [7, 11) is 0. The van der Waals surface area contributed by atoms with Gasteiger partial charge in [-0.25, -0.2) is 4.79 Å². The van der Waals surface area contributed by atoms with Crippen molar-refractivity contribution in [1.29, 1.82) is 0 Å². The van der Waals surface area contributed by atoms with Gasteiger partial charge in [-0.05, 0) is 58.0 Å². The summed E-state index contributed by atoms with van der Waals surface area (Å²) in [6, 6.07) is 10.6. The standard InChI is InChI=1S/C21H24N4O6/c1-13(18(26)23-15-8-10-17(11-9-15)25(29)30)22-19(27)14-6-5-7-16(12-14)24-20(28)31-21(2,3)4/h5-13H,1-4H3,(H,22,27)(H,23,26)(H,24,28)/t13-/m1/s1. The highest BCUT2D eigenvalue weighted by molar-refractivity contribution is 6.01. The molecule has 0 saturated heterocycles. The molecule has 0 aliphatic rings. The second-order valence-electron chi connectivity index (χ2n) is 7.70. The minimum atomic E-state index is -0.884. The van der Waals surface area contributed by atoms with Crippen LogP contribution in [0, 0.1) is 10.1 Å². The second-order valence-corrected chi connectivity index (χ2v) is 7.70. The van der Waals surface area contributed by atoms with Crippen molar-refractivity contribution in [2.45, 2.75) is 39.3 Å². The summed E-state index contributed by atoms with van der Waals surface area (Å²) in [4.78, 5) is 46.8. The molecule has 10 nitrogen and oxygen atoms in total. The lowest BCUT2D eigenvalue weighted by molar-refractivity contribution is -0.384. The number of nitro benzene ring substituents is 1. The quantitative estimate of drug-likeness (QED) is 0.473. The number of ether oxygens (including phenoxy) is 1. The van der Waals surface area contributed by atoms with Gasteiger partial charge in [-0.2, -0.15) is 0 Å². The number of nitrogens with one attached hydrogen (secondary N) is 3. The molecule has 3 amide bonds. The van der Waals surface area contributed by atoms with E-state index in [4.69, 9.17) is 4.74 Å². The van der Waals surface area contributed by atoms with Gasteiger partial charge in [0.05, 0.1) is 4.92 Å². The fraction of sp³-hybridized carbons (Fsp3) is 0.286. The van der Waals surface area contributed by atoms with Crippen LogP contribution < -0.4 is 16.0 Å². The monoisotopic (exact) mass is 428 g/mol. The molecule has 0 radical (unpaired) electrons. The van der Waals surface area contributed by atoms with Crippen LogP contribution in [-0.2, 0) is 9.53 Å². The highest BCUT2D eigenvalue weighted by atomic mass is 16.6. The van der Waals surface area contributed by atoms with Crippen molar-refractivity contribution in [2.24, 2.45) is 0 Å². The highest BCUT2D eigenvalue weighted by Crippen LogP contribution is 2.16. The van der Waals surface area contributed by atoms with Gasteiger partial charge in [0, 0.05) is 29.1 Å². The first-order valence-corrected chi connectivity index (χ1v) is 9.41. The smallest absolute Gasteiger partial charge is 0.412 e. The van der Waals surface area contributed by atoms with Gasteiger partial charge in [-0.15, -0.1) is 0 Å².